The molecule has 0 aromatic heterocycles. The van der Waals surface area contributed by atoms with E-state index in [9.17, 15) is 16.8 Å². The second-order valence-electron chi connectivity index (χ2n) is 7.52. The fourth-order valence-corrected chi connectivity index (χ4v) is 5.70. The highest BCUT2D eigenvalue weighted by Crippen LogP contribution is 2.31. The van der Waals surface area contributed by atoms with Crippen molar-refractivity contribution in [2.75, 3.05) is 16.6 Å². The van der Waals surface area contributed by atoms with E-state index in [1.54, 1.807) is 31.2 Å². The summed E-state index contributed by atoms with van der Waals surface area (Å²) in [6.07, 6.45) is 0. The smallest absolute Gasteiger partial charge is 0.265 e. The van der Waals surface area contributed by atoms with Gasteiger partial charge in [-0.15, -0.1) is 0 Å². The van der Waals surface area contributed by atoms with Crippen molar-refractivity contribution >= 4 is 31.4 Å². The van der Waals surface area contributed by atoms with Crippen LogP contribution in [-0.4, -0.2) is 23.9 Å². The largest absolute Gasteiger partial charge is 0.495 e. The first-order valence-corrected chi connectivity index (χ1v) is 12.8. The first kappa shape index (κ1) is 23.6. The number of aryl methyl sites for hydroxylation is 2. The van der Waals surface area contributed by atoms with Crippen LogP contribution in [0, 0.1) is 27.7 Å². The molecule has 9 heteroatoms. The number of anilines is 2. The van der Waals surface area contributed by atoms with E-state index in [0.717, 1.165) is 28.3 Å². The molecule has 170 valence electrons. The molecule has 0 fully saturated rings. The summed E-state index contributed by atoms with van der Waals surface area (Å²) in [4.78, 5) is -0.467. The summed E-state index contributed by atoms with van der Waals surface area (Å²) in [5, 5.41) is 0. The lowest BCUT2D eigenvalue weighted by molar-refractivity contribution is 0.402. The van der Waals surface area contributed by atoms with Crippen molar-refractivity contribution in [3.05, 3.63) is 76.9 Å². The minimum atomic E-state index is -4.13. The third-order valence-electron chi connectivity index (χ3n) is 5.43. The van der Waals surface area contributed by atoms with Gasteiger partial charge in [0.1, 0.15) is 10.6 Å². The summed E-state index contributed by atoms with van der Waals surface area (Å²) < 4.78 is 62.7. The average Bonchev–Trinajstić information content (AvgIpc) is 2.74. The maximum Gasteiger partial charge on any atom is 0.265 e. The van der Waals surface area contributed by atoms with Crippen molar-refractivity contribution in [2.24, 2.45) is 0 Å². The lowest BCUT2D eigenvalue weighted by atomic mass is 10.1. The molecule has 7 nitrogen and oxygen atoms in total. The Morgan fingerprint density at radius 3 is 1.69 bits per heavy atom. The van der Waals surface area contributed by atoms with Gasteiger partial charge < -0.3 is 4.74 Å². The van der Waals surface area contributed by atoms with Gasteiger partial charge in [-0.05, 0) is 80.3 Å². The van der Waals surface area contributed by atoms with Gasteiger partial charge in [-0.3, -0.25) is 9.44 Å². The van der Waals surface area contributed by atoms with Gasteiger partial charge in [0.2, 0.25) is 0 Å². The molecule has 0 radical (unpaired) electrons. The third kappa shape index (κ3) is 4.73. The fourth-order valence-electron chi connectivity index (χ4n) is 3.16. The molecule has 3 rings (SSSR count). The van der Waals surface area contributed by atoms with Gasteiger partial charge in [-0.25, -0.2) is 16.8 Å². The fraction of sp³-hybridized carbons (Fsp3) is 0.217. The number of methoxy groups -OCH3 is 1. The minimum Gasteiger partial charge on any atom is -0.495 e. The van der Waals surface area contributed by atoms with Crippen molar-refractivity contribution in [1.29, 1.82) is 0 Å². The second kappa shape index (κ2) is 8.84. The van der Waals surface area contributed by atoms with E-state index in [0.29, 0.717) is 11.4 Å². The Hall–Kier alpha value is -3.04. The number of nitrogens with one attached hydrogen (secondary N) is 2. The molecule has 0 saturated heterocycles. The normalized spacial score (nSPS) is 11.8. The third-order valence-corrected chi connectivity index (χ3v) is 8.18. The molecule has 0 aliphatic rings. The van der Waals surface area contributed by atoms with Crippen molar-refractivity contribution in [1.82, 2.24) is 0 Å². The van der Waals surface area contributed by atoms with Crippen LogP contribution in [0.2, 0.25) is 0 Å². The molecular formula is C23H26N2O5S2. The summed E-state index contributed by atoms with van der Waals surface area (Å²) in [6.45, 7) is 7.37. The molecule has 0 amide bonds. The van der Waals surface area contributed by atoms with Crippen LogP contribution in [-0.2, 0) is 20.0 Å². The van der Waals surface area contributed by atoms with Crippen LogP contribution >= 0.6 is 0 Å². The van der Waals surface area contributed by atoms with Crippen molar-refractivity contribution in [3.8, 4) is 5.75 Å². The molecule has 0 aliphatic heterocycles. The molecule has 32 heavy (non-hydrogen) atoms. The Bertz CT molecular complexity index is 1380. The highest BCUT2D eigenvalue weighted by Gasteiger charge is 2.25. The molecule has 2 N–H and O–H groups in total. The highest BCUT2D eigenvalue weighted by atomic mass is 32.2. The molecule has 0 spiro atoms. The summed E-state index contributed by atoms with van der Waals surface area (Å²) in [5.41, 5.74) is 4.25. The first-order valence-electron chi connectivity index (χ1n) is 9.82. The molecular weight excluding hydrogens is 448 g/mol. The number of ether oxygens (including phenoxy) is 1. The van der Waals surface area contributed by atoms with E-state index >= 15 is 0 Å². The topological polar surface area (TPSA) is 102 Å². The predicted octanol–water partition coefficient (Wildman–Crippen LogP) is 4.53. The predicted molar refractivity (Wildman–Crippen MR) is 126 cm³/mol. The molecule has 0 aliphatic carbocycles. The van der Waals surface area contributed by atoms with Gasteiger partial charge in [-0.2, -0.15) is 0 Å². The SMILES string of the molecule is COc1ccc(S(=O)(=O)Nc2cccc(C)c2C)cc1S(=O)(=O)Nc1cccc(C)c1C. The van der Waals surface area contributed by atoms with Gasteiger partial charge in [0.15, 0.2) is 0 Å². The van der Waals surface area contributed by atoms with E-state index in [2.05, 4.69) is 9.44 Å². The van der Waals surface area contributed by atoms with Crippen LogP contribution in [0.4, 0.5) is 11.4 Å². The molecule has 0 unspecified atom stereocenters. The monoisotopic (exact) mass is 474 g/mol. The van der Waals surface area contributed by atoms with E-state index in [1.165, 1.54) is 19.2 Å². The van der Waals surface area contributed by atoms with Crippen molar-refractivity contribution in [3.63, 3.8) is 0 Å². The van der Waals surface area contributed by atoms with Crippen molar-refractivity contribution in [2.45, 2.75) is 37.5 Å². The quantitative estimate of drug-likeness (QED) is 0.524. The molecule has 0 bridgehead atoms. The number of rotatable bonds is 7. The maximum atomic E-state index is 13.2. The summed E-state index contributed by atoms with van der Waals surface area (Å²) in [5.74, 6) is 0.0356. The lowest BCUT2D eigenvalue weighted by Crippen LogP contribution is -2.18. The Morgan fingerprint density at radius 2 is 1.19 bits per heavy atom. The Kier molecular flexibility index (Phi) is 6.52. The maximum absolute atomic E-state index is 13.2. The Balaban J connectivity index is 2.04. The summed E-state index contributed by atoms with van der Waals surface area (Å²) in [6, 6.07) is 14.3. The number of hydrogen-bond acceptors (Lipinski definition) is 5. The van der Waals surface area contributed by atoms with Gasteiger partial charge in [0.25, 0.3) is 20.0 Å². The van der Waals surface area contributed by atoms with Gasteiger partial charge in [-0.1, -0.05) is 24.3 Å². The molecule has 0 saturated carbocycles. The molecule has 0 heterocycles. The Morgan fingerprint density at radius 1 is 0.688 bits per heavy atom. The van der Waals surface area contributed by atoms with E-state index in [4.69, 9.17) is 4.74 Å². The molecule has 3 aromatic carbocycles. The lowest BCUT2D eigenvalue weighted by Gasteiger charge is -2.16. The van der Waals surface area contributed by atoms with Gasteiger partial charge in [0.05, 0.1) is 23.4 Å². The van der Waals surface area contributed by atoms with Crippen LogP contribution in [0.1, 0.15) is 22.3 Å². The van der Waals surface area contributed by atoms with E-state index in [-0.39, 0.29) is 15.5 Å². The van der Waals surface area contributed by atoms with Gasteiger partial charge >= 0.3 is 0 Å². The number of benzene rings is 3. The van der Waals surface area contributed by atoms with E-state index in [1.807, 2.05) is 32.9 Å². The zero-order valence-corrected chi connectivity index (χ0v) is 20.2. The zero-order chi connectivity index (χ0) is 23.7. The summed E-state index contributed by atoms with van der Waals surface area (Å²) >= 11 is 0. The van der Waals surface area contributed by atoms with Crippen LogP contribution in [0.5, 0.6) is 5.75 Å². The molecule has 0 atom stereocenters. The zero-order valence-electron chi connectivity index (χ0n) is 18.6. The van der Waals surface area contributed by atoms with Crippen molar-refractivity contribution < 1.29 is 21.6 Å². The van der Waals surface area contributed by atoms with Crippen LogP contribution in [0.3, 0.4) is 0 Å². The summed E-state index contributed by atoms with van der Waals surface area (Å²) in [7, 11) is -6.85. The van der Waals surface area contributed by atoms with Crippen LogP contribution in [0.25, 0.3) is 0 Å². The van der Waals surface area contributed by atoms with Crippen LogP contribution in [0.15, 0.2) is 64.4 Å². The molecule has 3 aromatic rings. The van der Waals surface area contributed by atoms with Crippen LogP contribution < -0.4 is 14.2 Å². The Labute approximate surface area is 189 Å². The number of sulfonamides is 2. The number of hydrogen-bond donors (Lipinski definition) is 2. The minimum absolute atomic E-state index is 0.0356. The second-order valence-corrected chi connectivity index (χ2v) is 10.9. The first-order chi connectivity index (χ1) is 15.0. The van der Waals surface area contributed by atoms with E-state index < -0.39 is 20.0 Å². The van der Waals surface area contributed by atoms with Gasteiger partial charge in [0, 0.05) is 0 Å². The average molecular weight is 475 g/mol. The highest BCUT2D eigenvalue weighted by molar-refractivity contribution is 7.93. The standard InChI is InChI=1S/C23H26N2O5S2/c1-15-8-6-10-20(17(15)3)24-31(26,27)19-12-13-22(30-5)23(14-19)32(28,29)25-21-11-7-9-16(2)18(21)4/h6-14,24-25H,1-5H3.